The van der Waals surface area contributed by atoms with E-state index in [1.807, 2.05) is 60.7 Å². The molecule has 0 fully saturated rings. The summed E-state index contributed by atoms with van der Waals surface area (Å²) in [7, 11) is 0. The van der Waals surface area contributed by atoms with Gasteiger partial charge < -0.3 is 10.9 Å². The Balaban J connectivity index is 2.19. The van der Waals surface area contributed by atoms with Gasteiger partial charge in [-0.15, -0.1) is 0 Å². The van der Waals surface area contributed by atoms with Gasteiger partial charge in [-0.25, -0.2) is 0 Å². The topological polar surface area (TPSA) is 58.6 Å². The lowest BCUT2D eigenvalue weighted by molar-refractivity contribution is 0.320. The first-order chi connectivity index (χ1) is 8.79. The van der Waals surface area contributed by atoms with Crippen LogP contribution >= 0.6 is 0 Å². The van der Waals surface area contributed by atoms with Crippen LogP contribution in [0.15, 0.2) is 65.8 Å². The highest BCUT2D eigenvalue weighted by Crippen LogP contribution is 2.09. The average molecular weight is 238 g/mol. The maximum Gasteiger partial charge on any atom is 0.109 e. The molecule has 0 aliphatic carbocycles. The third kappa shape index (κ3) is 2.98. The number of nitrogens with two attached hydrogens (primary N) is 1. The quantitative estimate of drug-likeness (QED) is 0.373. The lowest BCUT2D eigenvalue weighted by Gasteiger charge is -1.99. The Morgan fingerprint density at radius 1 is 1.00 bits per heavy atom. The summed E-state index contributed by atoms with van der Waals surface area (Å²) in [6.07, 6.45) is 3.64. The summed E-state index contributed by atoms with van der Waals surface area (Å²) in [5.74, 6) is 0. The molecule has 2 aromatic carbocycles. The van der Waals surface area contributed by atoms with Crippen molar-refractivity contribution < 1.29 is 5.21 Å². The third-order valence-electron chi connectivity index (χ3n) is 2.55. The van der Waals surface area contributed by atoms with Crippen molar-refractivity contribution in [1.29, 1.82) is 0 Å². The van der Waals surface area contributed by atoms with Gasteiger partial charge in [-0.1, -0.05) is 53.7 Å². The monoisotopic (exact) mass is 238 g/mol. The molecule has 2 rings (SSSR count). The van der Waals surface area contributed by atoms with E-state index in [2.05, 4.69) is 5.16 Å². The number of rotatable bonds is 3. The normalized spacial score (nSPS) is 11.9. The van der Waals surface area contributed by atoms with E-state index in [4.69, 9.17) is 10.9 Å². The Kier molecular flexibility index (Phi) is 3.76. The number of allylic oxidation sites excluding steroid dienone is 1. The van der Waals surface area contributed by atoms with E-state index in [1.165, 1.54) is 0 Å². The Hall–Kier alpha value is -2.55. The van der Waals surface area contributed by atoms with E-state index in [0.717, 1.165) is 16.8 Å². The van der Waals surface area contributed by atoms with Crippen LogP contribution in [0.2, 0.25) is 0 Å². The molecular formula is C15H14N2O. The van der Waals surface area contributed by atoms with E-state index in [0.29, 0.717) is 5.71 Å². The van der Waals surface area contributed by atoms with Gasteiger partial charge in [0.25, 0.3) is 0 Å². The zero-order valence-corrected chi connectivity index (χ0v) is 9.82. The van der Waals surface area contributed by atoms with Crippen LogP contribution in [0.25, 0.3) is 6.08 Å². The Morgan fingerprint density at radius 3 is 2.28 bits per heavy atom. The van der Waals surface area contributed by atoms with Gasteiger partial charge in [-0.05, 0) is 23.8 Å². The van der Waals surface area contributed by atoms with Gasteiger partial charge in [-0.3, -0.25) is 0 Å². The number of nitrogen functional groups attached to an aromatic ring is 1. The number of oxime groups is 1. The maximum absolute atomic E-state index is 9.02. The second-order valence-electron chi connectivity index (χ2n) is 3.85. The van der Waals surface area contributed by atoms with E-state index in [1.54, 1.807) is 6.08 Å². The average Bonchev–Trinajstić information content (AvgIpc) is 2.43. The fourth-order valence-corrected chi connectivity index (χ4v) is 1.58. The highest BCUT2D eigenvalue weighted by atomic mass is 16.4. The highest BCUT2D eigenvalue weighted by Gasteiger charge is 1.98. The minimum atomic E-state index is 0.521. The van der Waals surface area contributed by atoms with Crippen LogP contribution in [-0.4, -0.2) is 10.9 Å². The predicted molar refractivity (Wildman–Crippen MR) is 74.7 cm³/mol. The second kappa shape index (κ2) is 5.68. The van der Waals surface area contributed by atoms with Crippen LogP contribution in [0, 0.1) is 0 Å². The van der Waals surface area contributed by atoms with Gasteiger partial charge in [0.05, 0.1) is 0 Å². The molecule has 0 aliphatic rings. The Bertz CT molecular complexity index is 557. The number of anilines is 1. The lowest BCUT2D eigenvalue weighted by atomic mass is 10.1. The predicted octanol–water partition coefficient (Wildman–Crippen LogP) is 3.16. The fourth-order valence-electron chi connectivity index (χ4n) is 1.58. The van der Waals surface area contributed by atoms with Crippen molar-refractivity contribution in [3.05, 3.63) is 71.8 Å². The fraction of sp³-hybridized carbons (Fsp3) is 0. The van der Waals surface area contributed by atoms with Crippen LogP contribution in [0.5, 0.6) is 0 Å². The van der Waals surface area contributed by atoms with Crippen LogP contribution in [-0.2, 0) is 0 Å². The number of hydrogen-bond donors (Lipinski definition) is 2. The van der Waals surface area contributed by atoms with E-state index >= 15 is 0 Å². The molecule has 0 aromatic heterocycles. The molecule has 2 aromatic rings. The zero-order chi connectivity index (χ0) is 12.8. The number of hydrogen-bond acceptors (Lipinski definition) is 3. The van der Waals surface area contributed by atoms with Crippen LogP contribution in [0.4, 0.5) is 5.69 Å². The van der Waals surface area contributed by atoms with Gasteiger partial charge in [0.15, 0.2) is 0 Å². The highest BCUT2D eigenvalue weighted by molar-refractivity contribution is 6.10. The van der Waals surface area contributed by atoms with Crippen LogP contribution in [0.1, 0.15) is 11.1 Å². The van der Waals surface area contributed by atoms with Crippen LogP contribution < -0.4 is 5.73 Å². The summed E-state index contributed by atoms with van der Waals surface area (Å²) in [5.41, 5.74) is 8.73. The summed E-state index contributed by atoms with van der Waals surface area (Å²) in [4.78, 5) is 0. The minimum absolute atomic E-state index is 0.521. The van der Waals surface area contributed by atoms with E-state index < -0.39 is 0 Å². The molecule has 0 spiro atoms. The smallest absolute Gasteiger partial charge is 0.109 e. The summed E-state index contributed by atoms with van der Waals surface area (Å²) in [6.45, 7) is 0. The maximum atomic E-state index is 9.02. The lowest BCUT2D eigenvalue weighted by Crippen LogP contribution is -1.95. The van der Waals surface area contributed by atoms with Gasteiger partial charge in [0.1, 0.15) is 5.71 Å². The molecule has 0 amide bonds. The number of nitrogens with zero attached hydrogens (tertiary/aromatic N) is 1. The summed E-state index contributed by atoms with van der Waals surface area (Å²) < 4.78 is 0. The van der Waals surface area contributed by atoms with Gasteiger partial charge >= 0.3 is 0 Å². The standard InChI is InChI=1S/C15H14N2O/c16-14-9-6-12(7-10-14)8-11-15(17-18)13-4-2-1-3-5-13/h1-11,18H,16H2/b11-8-,17-15+. The number of benzene rings is 2. The first-order valence-electron chi connectivity index (χ1n) is 5.61. The molecule has 0 unspecified atom stereocenters. The van der Waals surface area contributed by atoms with Crippen molar-refractivity contribution in [2.24, 2.45) is 5.16 Å². The van der Waals surface area contributed by atoms with E-state index in [-0.39, 0.29) is 0 Å². The van der Waals surface area contributed by atoms with Gasteiger partial charge in [0.2, 0.25) is 0 Å². The van der Waals surface area contributed by atoms with Crippen molar-refractivity contribution in [3.63, 3.8) is 0 Å². The van der Waals surface area contributed by atoms with Crippen molar-refractivity contribution in [2.45, 2.75) is 0 Å². The molecule has 0 saturated heterocycles. The molecule has 3 nitrogen and oxygen atoms in total. The molecule has 0 bridgehead atoms. The minimum Gasteiger partial charge on any atom is -0.410 e. The largest absolute Gasteiger partial charge is 0.410 e. The zero-order valence-electron chi connectivity index (χ0n) is 9.82. The van der Waals surface area contributed by atoms with Gasteiger partial charge in [-0.2, -0.15) is 0 Å². The summed E-state index contributed by atoms with van der Waals surface area (Å²) in [6, 6.07) is 17.0. The van der Waals surface area contributed by atoms with Crippen molar-refractivity contribution in [2.75, 3.05) is 5.73 Å². The van der Waals surface area contributed by atoms with Crippen molar-refractivity contribution >= 4 is 17.5 Å². The van der Waals surface area contributed by atoms with Crippen molar-refractivity contribution in [1.82, 2.24) is 0 Å². The molecule has 0 saturated carbocycles. The van der Waals surface area contributed by atoms with Crippen LogP contribution in [0.3, 0.4) is 0 Å². The van der Waals surface area contributed by atoms with Crippen molar-refractivity contribution in [3.8, 4) is 0 Å². The molecule has 90 valence electrons. The van der Waals surface area contributed by atoms with Gasteiger partial charge in [0, 0.05) is 11.3 Å². The molecule has 3 N–H and O–H groups in total. The summed E-state index contributed by atoms with van der Waals surface area (Å²) >= 11 is 0. The first kappa shape index (κ1) is 11.9. The SMILES string of the molecule is Nc1ccc(/C=C\C(=N/O)c2ccccc2)cc1. The molecule has 0 radical (unpaired) electrons. The molecule has 18 heavy (non-hydrogen) atoms. The molecule has 0 atom stereocenters. The summed E-state index contributed by atoms with van der Waals surface area (Å²) in [5, 5.41) is 12.3. The Labute approximate surface area is 106 Å². The second-order valence-corrected chi connectivity index (χ2v) is 3.85. The molecular weight excluding hydrogens is 224 g/mol. The molecule has 0 heterocycles. The van der Waals surface area contributed by atoms with E-state index in [9.17, 15) is 0 Å². The first-order valence-corrected chi connectivity index (χ1v) is 5.61. The molecule has 0 aliphatic heterocycles. The third-order valence-corrected chi connectivity index (χ3v) is 2.55. The molecule has 3 heteroatoms. The Morgan fingerprint density at radius 2 is 1.67 bits per heavy atom.